The molecular weight excluding hydrogens is 286 g/mol. The van der Waals surface area contributed by atoms with E-state index in [0.29, 0.717) is 11.1 Å². The van der Waals surface area contributed by atoms with Crippen molar-refractivity contribution in [1.82, 2.24) is 5.32 Å². The highest BCUT2D eigenvalue weighted by atomic mass is 32.2. The summed E-state index contributed by atoms with van der Waals surface area (Å²) in [5.74, 6) is -0.244. The summed E-state index contributed by atoms with van der Waals surface area (Å²) in [4.78, 5) is 22.9. The normalized spacial score (nSPS) is 12.3. The third kappa shape index (κ3) is 5.63. The Labute approximate surface area is 129 Å². The summed E-state index contributed by atoms with van der Waals surface area (Å²) in [6, 6.07) is 5.48. The number of rotatable bonds is 7. The van der Waals surface area contributed by atoms with Gasteiger partial charge in [0.1, 0.15) is 0 Å². The average molecular weight is 307 g/mol. The zero-order valence-electron chi connectivity index (χ0n) is 12.6. The number of aryl methyl sites for hydroxylation is 1. The second-order valence-corrected chi connectivity index (χ2v) is 5.69. The third-order valence-corrected chi connectivity index (χ3v) is 3.86. The highest BCUT2D eigenvalue weighted by molar-refractivity contribution is 7.98. The van der Waals surface area contributed by atoms with Gasteiger partial charge in [-0.3, -0.25) is 4.79 Å². The van der Waals surface area contributed by atoms with Crippen LogP contribution in [0.5, 0.6) is 0 Å². The Morgan fingerprint density at radius 1 is 1.43 bits per heavy atom. The van der Waals surface area contributed by atoms with Crippen LogP contribution in [0.2, 0.25) is 0 Å². The van der Waals surface area contributed by atoms with Gasteiger partial charge in [-0.2, -0.15) is 11.8 Å². The van der Waals surface area contributed by atoms with E-state index in [1.165, 1.54) is 6.08 Å². The SMILES string of the molecule is CCC(CSC)NC(=O)c1cc(/C=C/C(=O)O)ccc1C. The van der Waals surface area contributed by atoms with Gasteiger partial charge in [-0.15, -0.1) is 0 Å². The van der Waals surface area contributed by atoms with E-state index in [1.54, 1.807) is 23.9 Å². The molecule has 0 aliphatic carbocycles. The number of carbonyl (C=O) groups is 2. The van der Waals surface area contributed by atoms with Crippen LogP contribution in [-0.2, 0) is 4.79 Å². The van der Waals surface area contributed by atoms with E-state index in [2.05, 4.69) is 5.32 Å². The molecule has 1 amide bonds. The fourth-order valence-electron chi connectivity index (χ4n) is 1.88. The van der Waals surface area contributed by atoms with Crippen LogP contribution in [0.4, 0.5) is 0 Å². The summed E-state index contributed by atoms with van der Waals surface area (Å²) in [6.45, 7) is 3.91. The summed E-state index contributed by atoms with van der Waals surface area (Å²) in [7, 11) is 0. The molecule has 1 rings (SSSR count). The molecule has 0 radical (unpaired) electrons. The van der Waals surface area contributed by atoms with E-state index in [9.17, 15) is 9.59 Å². The molecule has 0 aliphatic heterocycles. The minimum atomic E-state index is -1.01. The molecule has 1 aromatic rings. The molecule has 4 nitrogen and oxygen atoms in total. The molecule has 0 saturated heterocycles. The maximum absolute atomic E-state index is 12.3. The molecule has 5 heteroatoms. The fourth-order valence-corrected chi connectivity index (χ4v) is 2.60. The van der Waals surface area contributed by atoms with Gasteiger partial charge < -0.3 is 10.4 Å². The highest BCUT2D eigenvalue weighted by Crippen LogP contribution is 2.13. The summed E-state index contributed by atoms with van der Waals surface area (Å²) >= 11 is 1.70. The standard InChI is InChI=1S/C16H21NO3S/c1-4-13(10-21-3)17-16(20)14-9-12(6-5-11(14)2)7-8-15(18)19/h5-9,13H,4,10H2,1-3H3,(H,17,20)(H,18,19)/b8-7+. The zero-order chi connectivity index (χ0) is 15.8. The lowest BCUT2D eigenvalue weighted by molar-refractivity contribution is -0.131. The van der Waals surface area contributed by atoms with Crippen LogP contribution < -0.4 is 5.32 Å². The van der Waals surface area contributed by atoms with Crippen molar-refractivity contribution >= 4 is 29.7 Å². The number of carboxylic acids is 1. The molecule has 0 aromatic heterocycles. The van der Waals surface area contributed by atoms with Gasteiger partial charge in [-0.1, -0.05) is 19.1 Å². The lowest BCUT2D eigenvalue weighted by atomic mass is 10.0. The number of carbonyl (C=O) groups excluding carboxylic acids is 1. The molecule has 0 spiro atoms. The molecule has 0 aliphatic rings. The van der Waals surface area contributed by atoms with E-state index in [-0.39, 0.29) is 11.9 Å². The minimum Gasteiger partial charge on any atom is -0.478 e. The first kappa shape index (κ1) is 17.3. The lowest BCUT2D eigenvalue weighted by Gasteiger charge is -2.16. The number of amides is 1. The van der Waals surface area contributed by atoms with Gasteiger partial charge in [-0.25, -0.2) is 4.79 Å². The van der Waals surface area contributed by atoms with E-state index < -0.39 is 5.97 Å². The summed E-state index contributed by atoms with van der Waals surface area (Å²) < 4.78 is 0. The van der Waals surface area contributed by atoms with Gasteiger partial charge in [0.15, 0.2) is 0 Å². The van der Waals surface area contributed by atoms with Gasteiger partial charge in [0, 0.05) is 23.4 Å². The molecule has 0 heterocycles. The third-order valence-electron chi connectivity index (χ3n) is 3.12. The molecule has 1 aromatic carbocycles. The maximum atomic E-state index is 12.3. The van der Waals surface area contributed by atoms with Crippen LogP contribution in [0.15, 0.2) is 24.3 Å². The van der Waals surface area contributed by atoms with Crippen LogP contribution in [0.3, 0.4) is 0 Å². The monoisotopic (exact) mass is 307 g/mol. The molecule has 2 N–H and O–H groups in total. The Kier molecular flexibility index (Phi) is 7.02. The number of hydrogen-bond acceptors (Lipinski definition) is 3. The van der Waals surface area contributed by atoms with E-state index in [4.69, 9.17) is 5.11 Å². The van der Waals surface area contributed by atoms with Crippen LogP contribution >= 0.6 is 11.8 Å². The molecule has 21 heavy (non-hydrogen) atoms. The van der Waals surface area contributed by atoms with E-state index in [0.717, 1.165) is 23.8 Å². The number of hydrogen-bond donors (Lipinski definition) is 2. The van der Waals surface area contributed by atoms with Crippen molar-refractivity contribution in [1.29, 1.82) is 0 Å². The van der Waals surface area contributed by atoms with Gasteiger partial charge in [0.05, 0.1) is 0 Å². The van der Waals surface area contributed by atoms with Crippen molar-refractivity contribution in [2.75, 3.05) is 12.0 Å². The summed E-state index contributed by atoms with van der Waals surface area (Å²) in [6.07, 6.45) is 5.44. The Balaban J connectivity index is 2.92. The quantitative estimate of drug-likeness (QED) is 0.760. The molecule has 114 valence electrons. The predicted octanol–water partition coefficient (Wildman–Crippen LogP) is 2.96. The number of benzene rings is 1. The van der Waals surface area contributed by atoms with Crippen LogP contribution in [0.1, 0.15) is 34.8 Å². The van der Waals surface area contributed by atoms with Crippen LogP contribution in [0.25, 0.3) is 6.08 Å². The Morgan fingerprint density at radius 2 is 2.14 bits per heavy atom. The Morgan fingerprint density at radius 3 is 2.71 bits per heavy atom. The summed E-state index contributed by atoms with van der Waals surface area (Å²) in [5.41, 5.74) is 2.16. The molecule has 1 unspecified atom stereocenters. The minimum absolute atomic E-state index is 0.112. The molecule has 0 fully saturated rings. The van der Waals surface area contributed by atoms with Gasteiger partial charge in [0.2, 0.25) is 0 Å². The second-order valence-electron chi connectivity index (χ2n) is 4.78. The van der Waals surface area contributed by atoms with Crippen molar-refractivity contribution in [3.8, 4) is 0 Å². The number of carboxylic acid groups (broad SMARTS) is 1. The zero-order valence-corrected chi connectivity index (χ0v) is 13.4. The van der Waals surface area contributed by atoms with Crippen LogP contribution in [0, 0.1) is 6.92 Å². The summed E-state index contributed by atoms with van der Waals surface area (Å²) in [5, 5.41) is 11.7. The van der Waals surface area contributed by atoms with Crippen molar-refractivity contribution in [2.24, 2.45) is 0 Å². The molecule has 0 bridgehead atoms. The van der Waals surface area contributed by atoms with Gasteiger partial charge >= 0.3 is 5.97 Å². The first-order valence-corrected chi connectivity index (χ1v) is 8.18. The van der Waals surface area contributed by atoms with Gasteiger partial charge in [0.25, 0.3) is 5.91 Å². The number of aliphatic carboxylic acids is 1. The highest BCUT2D eigenvalue weighted by Gasteiger charge is 2.14. The smallest absolute Gasteiger partial charge is 0.328 e. The first-order valence-electron chi connectivity index (χ1n) is 6.79. The predicted molar refractivity (Wildman–Crippen MR) is 87.8 cm³/mol. The Bertz CT molecular complexity index is 540. The van der Waals surface area contributed by atoms with Gasteiger partial charge in [-0.05, 0) is 42.9 Å². The van der Waals surface area contributed by atoms with Crippen LogP contribution in [-0.4, -0.2) is 35.0 Å². The van der Waals surface area contributed by atoms with E-state index >= 15 is 0 Å². The molecule has 0 saturated carbocycles. The molecular formula is C16H21NO3S. The number of thioether (sulfide) groups is 1. The molecule has 1 atom stereocenters. The average Bonchev–Trinajstić information content (AvgIpc) is 2.45. The van der Waals surface area contributed by atoms with Crippen molar-refractivity contribution in [3.63, 3.8) is 0 Å². The second kappa shape index (κ2) is 8.52. The van der Waals surface area contributed by atoms with E-state index in [1.807, 2.05) is 26.2 Å². The van der Waals surface area contributed by atoms with Crippen molar-refractivity contribution in [2.45, 2.75) is 26.3 Å². The Hall–Kier alpha value is -1.75. The lowest BCUT2D eigenvalue weighted by Crippen LogP contribution is -2.36. The number of nitrogens with one attached hydrogen (secondary N) is 1. The fraction of sp³-hybridized carbons (Fsp3) is 0.375. The van der Waals surface area contributed by atoms with Crippen molar-refractivity contribution < 1.29 is 14.7 Å². The largest absolute Gasteiger partial charge is 0.478 e. The first-order chi connectivity index (χ1) is 9.97. The maximum Gasteiger partial charge on any atom is 0.328 e. The topological polar surface area (TPSA) is 66.4 Å². The van der Waals surface area contributed by atoms with Crippen molar-refractivity contribution in [3.05, 3.63) is 41.0 Å².